The molecule has 0 saturated carbocycles. The molecule has 1 aliphatic heterocycles. The van der Waals surface area contributed by atoms with Crippen LogP contribution in [0.4, 0.5) is 17.6 Å². The van der Waals surface area contributed by atoms with Crippen molar-refractivity contribution in [2.45, 2.75) is 31.5 Å². The van der Waals surface area contributed by atoms with Crippen LogP contribution in [0, 0.1) is 5.82 Å². The first kappa shape index (κ1) is 19.8. The topological polar surface area (TPSA) is 77.6 Å². The summed E-state index contributed by atoms with van der Waals surface area (Å²) >= 11 is 0. The standard InChI is InChI=1S/C19H17F4N3O2/c1-19(16(21)9-28-18(24)26-19)12-6-10(2-4-13(12)20)7-15(27)14-5-3-11(8-25-14)17(22)23/h2-6,8,16-17H,7,9H2,1H3,(H2,24,26)/t16-,19+/m0/s1. The lowest BCUT2D eigenvalue weighted by Crippen LogP contribution is -2.43. The molecule has 0 radical (unpaired) electrons. The molecule has 2 heterocycles. The number of rotatable bonds is 5. The van der Waals surface area contributed by atoms with Crippen molar-refractivity contribution in [3.63, 3.8) is 0 Å². The van der Waals surface area contributed by atoms with Gasteiger partial charge in [0.15, 0.2) is 12.0 Å². The lowest BCUT2D eigenvalue weighted by atomic mass is 9.85. The van der Waals surface area contributed by atoms with Crippen LogP contribution in [0.15, 0.2) is 41.5 Å². The number of alkyl halides is 3. The van der Waals surface area contributed by atoms with Gasteiger partial charge >= 0.3 is 0 Å². The molecule has 2 aromatic rings. The summed E-state index contributed by atoms with van der Waals surface area (Å²) in [6.07, 6.45) is -3.55. The number of carbonyl (C=O) groups is 1. The summed E-state index contributed by atoms with van der Waals surface area (Å²) in [5.74, 6) is -1.14. The van der Waals surface area contributed by atoms with Gasteiger partial charge in [-0.25, -0.2) is 22.6 Å². The number of halogens is 4. The summed E-state index contributed by atoms with van der Waals surface area (Å²) < 4.78 is 58.8. The Morgan fingerprint density at radius 1 is 1.36 bits per heavy atom. The molecule has 1 aliphatic rings. The normalized spacial score (nSPS) is 21.9. The molecule has 0 saturated heterocycles. The van der Waals surface area contributed by atoms with E-state index in [0.717, 1.165) is 18.3 Å². The van der Waals surface area contributed by atoms with Gasteiger partial charge in [-0.2, -0.15) is 0 Å². The van der Waals surface area contributed by atoms with Gasteiger partial charge < -0.3 is 10.5 Å². The molecule has 28 heavy (non-hydrogen) atoms. The van der Waals surface area contributed by atoms with Crippen molar-refractivity contribution in [2.75, 3.05) is 6.61 Å². The molecule has 148 valence electrons. The molecule has 0 aliphatic carbocycles. The van der Waals surface area contributed by atoms with E-state index in [-0.39, 0.29) is 35.9 Å². The van der Waals surface area contributed by atoms with E-state index < -0.39 is 29.7 Å². The van der Waals surface area contributed by atoms with E-state index in [1.54, 1.807) is 0 Å². The largest absolute Gasteiger partial charge is 0.462 e. The minimum atomic E-state index is -2.68. The van der Waals surface area contributed by atoms with Crippen LogP contribution in [0.3, 0.4) is 0 Å². The highest BCUT2D eigenvalue weighted by molar-refractivity contribution is 5.95. The average molecular weight is 395 g/mol. The summed E-state index contributed by atoms with van der Waals surface area (Å²) in [5.41, 5.74) is 3.96. The number of hydrogen-bond donors (Lipinski definition) is 1. The highest BCUT2D eigenvalue weighted by Gasteiger charge is 2.42. The van der Waals surface area contributed by atoms with E-state index in [0.29, 0.717) is 5.56 Å². The van der Waals surface area contributed by atoms with Gasteiger partial charge in [0.25, 0.3) is 12.4 Å². The number of aromatic nitrogens is 1. The Balaban J connectivity index is 1.87. The van der Waals surface area contributed by atoms with Gasteiger partial charge in [0.2, 0.25) is 0 Å². The number of amidine groups is 1. The average Bonchev–Trinajstić information content (AvgIpc) is 2.66. The van der Waals surface area contributed by atoms with Crippen molar-refractivity contribution in [2.24, 2.45) is 10.7 Å². The molecule has 9 heteroatoms. The van der Waals surface area contributed by atoms with Crippen LogP contribution in [-0.4, -0.2) is 29.6 Å². The first-order chi connectivity index (χ1) is 13.2. The Bertz CT molecular complexity index is 918. The third kappa shape index (κ3) is 3.83. The smallest absolute Gasteiger partial charge is 0.283 e. The molecule has 2 N–H and O–H groups in total. The number of Topliss-reactive ketones (excluding diaryl/α,β-unsaturated/α-hetero) is 1. The van der Waals surface area contributed by atoms with Crippen molar-refractivity contribution in [3.05, 3.63) is 64.7 Å². The molecular formula is C19H17F4N3O2. The summed E-state index contributed by atoms with van der Waals surface area (Å²) in [6, 6.07) is 5.92. The molecule has 1 aromatic carbocycles. The number of benzene rings is 1. The zero-order valence-electron chi connectivity index (χ0n) is 14.8. The molecule has 3 rings (SSSR count). The second kappa shape index (κ2) is 7.57. The number of ether oxygens (including phenoxy) is 1. The van der Waals surface area contributed by atoms with Gasteiger partial charge in [0.1, 0.15) is 23.7 Å². The predicted molar refractivity (Wildman–Crippen MR) is 93.5 cm³/mol. The molecule has 0 spiro atoms. The minimum absolute atomic E-state index is 0.00168. The third-order valence-electron chi connectivity index (χ3n) is 4.59. The Morgan fingerprint density at radius 2 is 2.11 bits per heavy atom. The Labute approximate surface area is 158 Å². The zero-order chi connectivity index (χ0) is 20.5. The molecule has 0 fully saturated rings. The minimum Gasteiger partial charge on any atom is -0.462 e. The van der Waals surface area contributed by atoms with Gasteiger partial charge in [0.05, 0.1) is 0 Å². The number of carbonyl (C=O) groups excluding carboxylic acids is 1. The van der Waals surface area contributed by atoms with Gasteiger partial charge in [0, 0.05) is 23.7 Å². The number of nitrogens with zero attached hydrogens (tertiary/aromatic N) is 2. The molecule has 0 amide bonds. The zero-order valence-corrected chi connectivity index (χ0v) is 14.8. The van der Waals surface area contributed by atoms with E-state index in [2.05, 4.69) is 9.98 Å². The molecule has 0 bridgehead atoms. The Hall–Kier alpha value is -2.97. The van der Waals surface area contributed by atoms with Crippen LogP contribution in [0.1, 0.15) is 40.5 Å². The molecule has 5 nitrogen and oxygen atoms in total. The van der Waals surface area contributed by atoms with E-state index in [9.17, 15) is 22.4 Å². The number of aliphatic imine (C=N–C) groups is 1. The number of pyridine rings is 1. The van der Waals surface area contributed by atoms with E-state index in [1.165, 1.54) is 25.1 Å². The highest BCUT2D eigenvalue weighted by Crippen LogP contribution is 2.36. The Kier molecular flexibility index (Phi) is 5.35. The molecule has 0 unspecified atom stereocenters. The molecule has 1 aromatic heterocycles. The van der Waals surface area contributed by atoms with E-state index in [4.69, 9.17) is 10.5 Å². The lowest BCUT2D eigenvalue weighted by Gasteiger charge is -2.33. The summed E-state index contributed by atoms with van der Waals surface area (Å²) in [5, 5.41) is 0. The Morgan fingerprint density at radius 3 is 2.75 bits per heavy atom. The number of nitrogens with two attached hydrogens (primary N) is 1. The van der Waals surface area contributed by atoms with Crippen LogP contribution in [0.5, 0.6) is 0 Å². The monoisotopic (exact) mass is 395 g/mol. The van der Waals surface area contributed by atoms with Crippen molar-refractivity contribution >= 4 is 11.8 Å². The quantitative estimate of drug-likeness (QED) is 0.621. The fourth-order valence-corrected chi connectivity index (χ4v) is 2.93. The van der Waals surface area contributed by atoms with Crippen LogP contribution < -0.4 is 5.73 Å². The van der Waals surface area contributed by atoms with Crippen LogP contribution in [0.25, 0.3) is 0 Å². The molecule has 2 atom stereocenters. The van der Waals surface area contributed by atoms with E-state index in [1.807, 2.05) is 0 Å². The lowest BCUT2D eigenvalue weighted by molar-refractivity contribution is 0.0921. The maximum Gasteiger partial charge on any atom is 0.283 e. The van der Waals surface area contributed by atoms with Crippen molar-refractivity contribution in [1.29, 1.82) is 0 Å². The van der Waals surface area contributed by atoms with Gasteiger partial charge in [-0.3, -0.25) is 9.78 Å². The van der Waals surface area contributed by atoms with Crippen LogP contribution in [0.2, 0.25) is 0 Å². The number of hydrogen-bond acceptors (Lipinski definition) is 5. The summed E-state index contributed by atoms with van der Waals surface area (Å²) in [6.45, 7) is 1.02. The summed E-state index contributed by atoms with van der Waals surface area (Å²) in [4.78, 5) is 20.0. The maximum atomic E-state index is 14.4. The first-order valence-corrected chi connectivity index (χ1v) is 8.39. The second-order valence-electron chi connectivity index (χ2n) is 6.57. The highest BCUT2D eigenvalue weighted by atomic mass is 19.3. The van der Waals surface area contributed by atoms with Crippen molar-refractivity contribution in [1.82, 2.24) is 4.98 Å². The van der Waals surface area contributed by atoms with Crippen molar-refractivity contribution in [3.8, 4) is 0 Å². The van der Waals surface area contributed by atoms with Gasteiger partial charge in [-0.1, -0.05) is 6.07 Å². The van der Waals surface area contributed by atoms with Crippen LogP contribution >= 0.6 is 0 Å². The van der Waals surface area contributed by atoms with Crippen molar-refractivity contribution < 1.29 is 27.1 Å². The first-order valence-electron chi connectivity index (χ1n) is 8.39. The third-order valence-corrected chi connectivity index (χ3v) is 4.59. The fourth-order valence-electron chi connectivity index (χ4n) is 2.93. The SMILES string of the molecule is C[C@]1(c2cc(CC(=O)c3ccc(C(F)F)cn3)ccc2F)N=C(N)OC[C@@H]1F. The van der Waals surface area contributed by atoms with E-state index >= 15 is 0 Å². The summed E-state index contributed by atoms with van der Waals surface area (Å²) in [7, 11) is 0. The fraction of sp³-hybridized carbons (Fsp3) is 0.316. The van der Waals surface area contributed by atoms with Gasteiger partial charge in [-0.05, 0) is 36.8 Å². The molecular weight excluding hydrogens is 378 g/mol. The van der Waals surface area contributed by atoms with Gasteiger partial charge in [-0.15, -0.1) is 0 Å². The maximum absolute atomic E-state index is 14.4. The van der Waals surface area contributed by atoms with Crippen LogP contribution in [-0.2, 0) is 16.7 Å². The number of ketones is 1. The second-order valence-corrected chi connectivity index (χ2v) is 6.57. The predicted octanol–water partition coefficient (Wildman–Crippen LogP) is 3.48.